The SMILES string of the molecule is C[Si]1(C)O[Si](C)(CN)O[Si](C)(c2ccccc2)O1. The molecule has 1 aliphatic rings. The second-order valence-corrected chi connectivity index (χ2v) is 15.7. The predicted octanol–water partition coefficient (Wildman–Crippen LogP) is 1.30. The molecular weight excluding hydrogens is 278 g/mol. The van der Waals surface area contributed by atoms with Crippen LogP contribution in [0.25, 0.3) is 0 Å². The second kappa shape index (κ2) is 4.67. The van der Waals surface area contributed by atoms with Crippen molar-refractivity contribution in [3.63, 3.8) is 0 Å². The van der Waals surface area contributed by atoms with E-state index in [9.17, 15) is 0 Å². The summed E-state index contributed by atoms with van der Waals surface area (Å²) in [6, 6.07) is 10.2. The quantitative estimate of drug-likeness (QED) is 0.837. The maximum Gasteiger partial charge on any atom is 0.351 e. The standard InChI is InChI=1S/C11H21NO3Si3/c1-16(2)13-17(3,10-12)15-18(4,14-16)11-8-6-5-7-9-11/h5-9H,10,12H2,1-4H3. The smallest absolute Gasteiger partial charge is 0.351 e. The van der Waals surface area contributed by atoms with E-state index >= 15 is 0 Å². The normalized spacial score (nSPS) is 35.4. The molecule has 0 saturated carbocycles. The molecule has 2 N–H and O–H groups in total. The molecule has 1 aromatic rings. The van der Waals surface area contributed by atoms with Crippen LogP contribution >= 0.6 is 0 Å². The molecule has 1 fully saturated rings. The number of nitrogens with two attached hydrogens (primary N) is 1. The summed E-state index contributed by atoms with van der Waals surface area (Å²) in [5.41, 5.74) is 5.86. The van der Waals surface area contributed by atoms with Gasteiger partial charge in [0.15, 0.2) is 0 Å². The van der Waals surface area contributed by atoms with Gasteiger partial charge >= 0.3 is 25.7 Å². The number of rotatable bonds is 2. The average molecular weight is 300 g/mol. The highest BCUT2D eigenvalue weighted by atomic mass is 28.5. The van der Waals surface area contributed by atoms with Gasteiger partial charge in [-0.15, -0.1) is 0 Å². The van der Waals surface area contributed by atoms with Gasteiger partial charge in [0.1, 0.15) is 0 Å². The zero-order valence-electron chi connectivity index (χ0n) is 11.4. The van der Waals surface area contributed by atoms with Crippen LogP contribution in [0.15, 0.2) is 30.3 Å². The van der Waals surface area contributed by atoms with E-state index in [1.54, 1.807) is 0 Å². The highest BCUT2D eigenvalue weighted by Crippen LogP contribution is 2.29. The van der Waals surface area contributed by atoms with Gasteiger partial charge in [-0.25, -0.2) is 0 Å². The first-order chi connectivity index (χ1) is 8.29. The van der Waals surface area contributed by atoms with Crippen molar-refractivity contribution >= 4 is 30.9 Å². The Hall–Kier alpha value is -0.289. The Morgan fingerprint density at radius 1 is 0.944 bits per heavy atom. The zero-order chi connectivity index (χ0) is 13.4. The fourth-order valence-electron chi connectivity index (χ4n) is 2.41. The van der Waals surface area contributed by atoms with Crippen molar-refractivity contribution in [3.8, 4) is 0 Å². The largest absolute Gasteiger partial charge is 0.415 e. The number of benzene rings is 1. The molecule has 1 saturated heterocycles. The highest BCUT2D eigenvalue weighted by molar-refractivity contribution is 6.98. The molecular formula is C11H21NO3Si3. The van der Waals surface area contributed by atoms with Gasteiger partial charge in [-0.2, -0.15) is 0 Å². The maximum atomic E-state index is 6.28. The molecule has 2 atom stereocenters. The minimum Gasteiger partial charge on any atom is -0.415 e. The summed E-state index contributed by atoms with van der Waals surface area (Å²) in [6.07, 6.45) is 0.474. The Morgan fingerprint density at radius 3 is 2.11 bits per heavy atom. The van der Waals surface area contributed by atoms with Crippen molar-refractivity contribution in [2.45, 2.75) is 26.2 Å². The van der Waals surface area contributed by atoms with Gasteiger partial charge in [-0.05, 0) is 31.4 Å². The Bertz CT molecular complexity index is 431. The molecule has 100 valence electrons. The highest BCUT2D eigenvalue weighted by Gasteiger charge is 2.55. The van der Waals surface area contributed by atoms with Crippen LogP contribution in [-0.2, 0) is 12.3 Å². The fraction of sp³-hybridized carbons (Fsp3) is 0.455. The Labute approximate surface area is 112 Å². The van der Waals surface area contributed by atoms with Crippen LogP contribution in [0.5, 0.6) is 0 Å². The van der Waals surface area contributed by atoms with E-state index in [0.29, 0.717) is 6.17 Å². The summed E-state index contributed by atoms with van der Waals surface area (Å²) in [5, 5.41) is 1.15. The van der Waals surface area contributed by atoms with Crippen LogP contribution in [0.3, 0.4) is 0 Å². The molecule has 1 aromatic carbocycles. The van der Waals surface area contributed by atoms with Crippen LogP contribution in [0, 0.1) is 0 Å². The minimum atomic E-state index is -2.39. The third-order valence-electron chi connectivity index (χ3n) is 2.98. The molecule has 0 radical (unpaired) electrons. The first kappa shape index (κ1) is 14.1. The van der Waals surface area contributed by atoms with Crippen molar-refractivity contribution in [1.29, 1.82) is 0 Å². The van der Waals surface area contributed by atoms with Crippen LogP contribution in [0.2, 0.25) is 26.2 Å². The first-order valence-corrected chi connectivity index (χ1v) is 13.8. The Kier molecular flexibility index (Phi) is 3.67. The topological polar surface area (TPSA) is 53.7 Å². The van der Waals surface area contributed by atoms with Crippen molar-refractivity contribution in [2.24, 2.45) is 5.73 Å². The lowest BCUT2D eigenvalue weighted by Crippen LogP contribution is -2.72. The van der Waals surface area contributed by atoms with Gasteiger partial charge in [-0.3, -0.25) is 0 Å². The van der Waals surface area contributed by atoms with E-state index in [0.717, 1.165) is 5.19 Å². The first-order valence-electron chi connectivity index (χ1n) is 6.15. The summed E-state index contributed by atoms with van der Waals surface area (Å²) < 4.78 is 18.6. The van der Waals surface area contributed by atoms with Crippen LogP contribution in [0.4, 0.5) is 0 Å². The second-order valence-electron chi connectivity index (χ2n) is 5.36. The Morgan fingerprint density at radius 2 is 1.56 bits per heavy atom. The van der Waals surface area contributed by atoms with Crippen molar-refractivity contribution < 1.29 is 12.3 Å². The van der Waals surface area contributed by atoms with Gasteiger partial charge in [-0.1, -0.05) is 30.3 Å². The van der Waals surface area contributed by atoms with E-state index in [2.05, 4.69) is 31.8 Å². The molecule has 0 amide bonds. The van der Waals surface area contributed by atoms with E-state index in [1.807, 2.05) is 24.7 Å². The van der Waals surface area contributed by atoms with Crippen molar-refractivity contribution in [1.82, 2.24) is 0 Å². The monoisotopic (exact) mass is 299 g/mol. The van der Waals surface area contributed by atoms with Gasteiger partial charge in [0, 0.05) is 6.17 Å². The predicted molar refractivity (Wildman–Crippen MR) is 79.1 cm³/mol. The molecule has 0 aliphatic carbocycles. The van der Waals surface area contributed by atoms with Gasteiger partial charge in [0.25, 0.3) is 0 Å². The van der Waals surface area contributed by atoms with E-state index in [-0.39, 0.29) is 0 Å². The Balaban J connectivity index is 2.38. The van der Waals surface area contributed by atoms with E-state index in [1.165, 1.54) is 0 Å². The molecule has 2 rings (SSSR count). The van der Waals surface area contributed by atoms with Crippen LogP contribution in [-0.4, -0.2) is 31.9 Å². The van der Waals surface area contributed by atoms with Crippen LogP contribution in [0.1, 0.15) is 0 Å². The zero-order valence-corrected chi connectivity index (χ0v) is 14.4. The molecule has 0 spiro atoms. The van der Waals surface area contributed by atoms with Crippen molar-refractivity contribution in [3.05, 3.63) is 30.3 Å². The third kappa shape index (κ3) is 2.82. The van der Waals surface area contributed by atoms with E-state index < -0.39 is 25.7 Å². The van der Waals surface area contributed by atoms with Crippen LogP contribution < -0.4 is 10.9 Å². The lowest BCUT2D eigenvalue weighted by molar-refractivity contribution is 0.238. The molecule has 2 unspecified atom stereocenters. The molecule has 0 aromatic heterocycles. The molecule has 7 heteroatoms. The summed E-state index contributed by atoms with van der Waals surface area (Å²) in [6.45, 7) is 8.29. The van der Waals surface area contributed by atoms with E-state index in [4.69, 9.17) is 18.1 Å². The molecule has 0 bridgehead atoms. The van der Waals surface area contributed by atoms with Gasteiger partial charge in [0.05, 0.1) is 0 Å². The average Bonchev–Trinajstić information content (AvgIpc) is 2.27. The fourth-order valence-corrected chi connectivity index (χ4v) is 17.6. The molecule has 1 heterocycles. The summed E-state index contributed by atoms with van der Waals surface area (Å²) in [4.78, 5) is 0. The number of hydrogen-bond donors (Lipinski definition) is 1. The number of hydrogen-bond acceptors (Lipinski definition) is 4. The van der Waals surface area contributed by atoms with Gasteiger partial charge < -0.3 is 18.1 Å². The summed E-state index contributed by atoms with van der Waals surface area (Å²) in [7, 11) is -6.82. The summed E-state index contributed by atoms with van der Waals surface area (Å²) in [5.74, 6) is 0. The maximum absolute atomic E-state index is 6.28. The molecule has 18 heavy (non-hydrogen) atoms. The molecule has 4 nitrogen and oxygen atoms in total. The van der Waals surface area contributed by atoms with Gasteiger partial charge in [0.2, 0.25) is 0 Å². The minimum absolute atomic E-state index is 0.474. The lowest BCUT2D eigenvalue weighted by Gasteiger charge is -2.48. The van der Waals surface area contributed by atoms with Crippen molar-refractivity contribution in [2.75, 3.05) is 6.17 Å². The molecule has 1 aliphatic heterocycles. The lowest BCUT2D eigenvalue weighted by atomic mass is 10.4. The summed E-state index contributed by atoms with van der Waals surface area (Å²) >= 11 is 0. The third-order valence-corrected chi connectivity index (χ3v) is 15.6.